The van der Waals surface area contributed by atoms with E-state index in [2.05, 4.69) is 6.58 Å². The summed E-state index contributed by atoms with van der Waals surface area (Å²) in [5, 5.41) is 9.65. The molecule has 1 spiro atoms. The summed E-state index contributed by atoms with van der Waals surface area (Å²) in [6, 6.07) is 9.37. The Hall–Kier alpha value is -2.40. The fourth-order valence-electron chi connectivity index (χ4n) is 4.77. The van der Waals surface area contributed by atoms with Crippen LogP contribution in [0.25, 0.3) is 0 Å². The predicted octanol–water partition coefficient (Wildman–Crippen LogP) is 2.56. The number of amides is 1. The summed E-state index contributed by atoms with van der Waals surface area (Å²) >= 11 is 0. The van der Waals surface area contributed by atoms with Gasteiger partial charge >= 0.3 is 5.97 Å². The maximum atomic E-state index is 13.3. The van der Waals surface area contributed by atoms with E-state index in [1.54, 1.807) is 12.2 Å². The van der Waals surface area contributed by atoms with Gasteiger partial charge in [0.25, 0.3) is 0 Å². The number of carboxylic acid groups (broad SMARTS) is 1. The minimum absolute atomic E-state index is 0.137. The highest BCUT2D eigenvalue weighted by Gasteiger charge is 2.71. The van der Waals surface area contributed by atoms with E-state index in [0.717, 1.165) is 5.56 Å². The summed E-state index contributed by atoms with van der Waals surface area (Å²) < 4.78 is 6.11. The zero-order valence-corrected chi connectivity index (χ0v) is 14.0. The minimum atomic E-state index is -0.971. The normalized spacial score (nSPS) is 36.5. The number of benzene rings is 1. The number of aliphatic carboxylic acids is 1. The van der Waals surface area contributed by atoms with E-state index in [0.29, 0.717) is 6.42 Å². The molecule has 0 saturated carbocycles. The Kier molecular flexibility index (Phi) is 3.58. The SMILES string of the molecule is C=CC[C@@H]1N([C@@H](C)c2ccccc2)C(=O)[C@@H]2[C@H](C(=O)O)[C@H]3C=C[C@]21O3. The van der Waals surface area contributed by atoms with Gasteiger partial charge in [-0.05, 0) is 18.9 Å². The van der Waals surface area contributed by atoms with Crippen molar-refractivity contribution in [1.29, 1.82) is 0 Å². The first kappa shape index (κ1) is 16.1. The Morgan fingerprint density at radius 3 is 2.80 bits per heavy atom. The number of carboxylic acids is 1. The number of nitrogens with zero attached hydrogens (tertiary/aromatic N) is 1. The highest BCUT2D eigenvalue weighted by atomic mass is 16.5. The number of rotatable bonds is 5. The van der Waals surface area contributed by atoms with Crippen LogP contribution in [-0.4, -0.2) is 39.6 Å². The van der Waals surface area contributed by atoms with Crippen LogP contribution in [0.3, 0.4) is 0 Å². The van der Waals surface area contributed by atoms with Crippen LogP contribution >= 0.6 is 0 Å². The molecular formula is C20H21NO4. The van der Waals surface area contributed by atoms with Crippen molar-refractivity contribution in [1.82, 2.24) is 4.90 Å². The molecule has 0 radical (unpaired) electrons. The van der Waals surface area contributed by atoms with Crippen LogP contribution in [0.4, 0.5) is 0 Å². The number of carbonyl (C=O) groups excluding carboxylic acids is 1. The Morgan fingerprint density at radius 2 is 2.16 bits per heavy atom. The third-order valence-corrected chi connectivity index (χ3v) is 5.84. The Bertz CT molecular complexity index is 758. The fourth-order valence-corrected chi connectivity index (χ4v) is 4.77. The molecule has 25 heavy (non-hydrogen) atoms. The van der Waals surface area contributed by atoms with Crippen molar-refractivity contribution in [2.24, 2.45) is 11.8 Å². The van der Waals surface area contributed by atoms with E-state index in [9.17, 15) is 14.7 Å². The molecule has 3 aliphatic rings. The molecule has 1 N–H and O–H groups in total. The van der Waals surface area contributed by atoms with Crippen molar-refractivity contribution in [3.05, 3.63) is 60.7 Å². The van der Waals surface area contributed by atoms with Gasteiger partial charge < -0.3 is 14.7 Å². The summed E-state index contributed by atoms with van der Waals surface area (Å²) in [4.78, 5) is 26.9. The van der Waals surface area contributed by atoms with Gasteiger partial charge in [0.2, 0.25) is 5.91 Å². The van der Waals surface area contributed by atoms with Crippen molar-refractivity contribution in [2.45, 2.75) is 37.1 Å². The van der Waals surface area contributed by atoms with Crippen LogP contribution < -0.4 is 0 Å². The third-order valence-electron chi connectivity index (χ3n) is 5.84. The predicted molar refractivity (Wildman–Crippen MR) is 91.7 cm³/mol. The molecular weight excluding hydrogens is 318 g/mol. The molecule has 2 bridgehead atoms. The Morgan fingerprint density at radius 1 is 1.44 bits per heavy atom. The molecule has 3 aliphatic heterocycles. The lowest BCUT2D eigenvalue weighted by atomic mass is 9.74. The molecule has 0 aromatic heterocycles. The van der Waals surface area contributed by atoms with Crippen LogP contribution in [-0.2, 0) is 14.3 Å². The molecule has 5 heteroatoms. The van der Waals surface area contributed by atoms with Crippen LogP contribution in [0.2, 0.25) is 0 Å². The second kappa shape index (κ2) is 5.56. The van der Waals surface area contributed by atoms with Gasteiger partial charge in [-0.2, -0.15) is 0 Å². The highest BCUT2D eigenvalue weighted by molar-refractivity contribution is 5.91. The second-order valence-corrected chi connectivity index (χ2v) is 7.01. The second-order valence-electron chi connectivity index (χ2n) is 7.01. The maximum absolute atomic E-state index is 13.3. The monoisotopic (exact) mass is 339 g/mol. The first-order chi connectivity index (χ1) is 12.0. The van der Waals surface area contributed by atoms with Gasteiger partial charge in [-0.15, -0.1) is 6.58 Å². The Labute approximate surface area is 146 Å². The van der Waals surface area contributed by atoms with Crippen molar-refractivity contribution in [3.63, 3.8) is 0 Å². The van der Waals surface area contributed by atoms with Crippen molar-refractivity contribution < 1.29 is 19.4 Å². The van der Waals surface area contributed by atoms with Crippen LogP contribution in [0.15, 0.2) is 55.1 Å². The average Bonchev–Trinajstić information content (AvgIpc) is 3.24. The van der Waals surface area contributed by atoms with E-state index in [1.165, 1.54) is 0 Å². The molecule has 3 heterocycles. The zero-order chi connectivity index (χ0) is 17.8. The van der Waals surface area contributed by atoms with Crippen LogP contribution in [0.1, 0.15) is 24.9 Å². The van der Waals surface area contributed by atoms with Crippen molar-refractivity contribution >= 4 is 11.9 Å². The molecule has 0 aliphatic carbocycles. The van der Waals surface area contributed by atoms with Crippen LogP contribution in [0, 0.1) is 11.8 Å². The van der Waals surface area contributed by atoms with Crippen LogP contribution in [0.5, 0.6) is 0 Å². The summed E-state index contributed by atoms with van der Waals surface area (Å²) in [6.07, 6.45) is 5.52. The van der Waals surface area contributed by atoms with Gasteiger partial charge in [-0.1, -0.05) is 48.6 Å². The Balaban J connectivity index is 1.78. The third kappa shape index (κ3) is 2.05. The zero-order valence-electron chi connectivity index (χ0n) is 14.0. The first-order valence-corrected chi connectivity index (χ1v) is 8.59. The van der Waals surface area contributed by atoms with Gasteiger partial charge in [0.05, 0.1) is 24.1 Å². The smallest absolute Gasteiger partial charge is 0.310 e. The van der Waals surface area contributed by atoms with Gasteiger partial charge in [0.15, 0.2) is 0 Å². The van der Waals surface area contributed by atoms with E-state index in [-0.39, 0.29) is 18.0 Å². The molecule has 2 saturated heterocycles. The number of hydrogen-bond acceptors (Lipinski definition) is 3. The quantitative estimate of drug-likeness (QED) is 0.837. The lowest BCUT2D eigenvalue weighted by molar-refractivity contribution is -0.149. The summed E-state index contributed by atoms with van der Waals surface area (Å²) in [7, 11) is 0. The van der Waals surface area contributed by atoms with Gasteiger partial charge in [-0.3, -0.25) is 9.59 Å². The molecule has 1 amide bonds. The number of carbonyl (C=O) groups is 2. The average molecular weight is 339 g/mol. The highest BCUT2D eigenvalue weighted by Crippen LogP contribution is 2.57. The van der Waals surface area contributed by atoms with Crippen molar-refractivity contribution in [2.75, 3.05) is 0 Å². The minimum Gasteiger partial charge on any atom is -0.481 e. The maximum Gasteiger partial charge on any atom is 0.310 e. The largest absolute Gasteiger partial charge is 0.481 e. The van der Waals surface area contributed by atoms with Gasteiger partial charge in [-0.25, -0.2) is 0 Å². The molecule has 5 nitrogen and oxygen atoms in total. The van der Waals surface area contributed by atoms with E-state index in [4.69, 9.17) is 4.74 Å². The van der Waals surface area contributed by atoms with E-state index >= 15 is 0 Å². The lowest BCUT2D eigenvalue weighted by Crippen LogP contribution is -2.45. The number of ether oxygens (including phenoxy) is 1. The van der Waals surface area contributed by atoms with E-state index < -0.39 is 29.5 Å². The fraction of sp³-hybridized carbons (Fsp3) is 0.400. The number of fused-ring (bicyclic) bond motifs is 1. The van der Waals surface area contributed by atoms with Gasteiger partial charge in [0, 0.05) is 0 Å². The molecule has 0 unspecified atom stereocenters. The molecule has 1 aromatic carbocycles. The molecule has 4 rings (SSSR count). The standard InChI is InChI=1S/C20H21NO4/c1-3-7-15-20-11-10-14(25-20)16(19(23)24)17(20)18(22)21(15)12(2)13-8-5-4-6-9-13/h3-6,8-12,14-17H,1,7H2,2H3,(H,23,24)/t12-,14+,15-,16+,17-,20+/m0/s1. The summed E-state index contributed by atoms with van der Waals surface area (Å²) in [5.41, 5.74) is 0.161. The molecule has 6 atom stereocenters. The molecule has 130 valence electrons. The van der Waals surface area contributed by atoms with E-state index in [1.807, 2.05) is 48.2 Å². The van der Waals surface area contributed by atoms with Crippen molar-refractivity contribution in [3.8, 4) is 0 Å². The summed E-state index contributed by atoms with van der Waals surface area (Å²) in [5.74, 6) is -2.60. The van der Waals surface area contributed by atoms with Gasteiger partial charge in [0.1, 0.15) is 11.5 Å². The first-order valence-electron chi connectivity index (χ1n) is 8.59. The molecule has 2 fully saturated rings. The summed E-state index contributed by atoms with van der Waals surface area (Å²) in [6.45, 7) is 5.81. The number of hydrogen-bond donors (Lipinski definition) is 1. The lowest BCUT2D eigenvalue weighted by Gasteiger charge is -2.36. The number of likely N-dealkylation sites (tertiary alicyclic amines) is 1. The molecule has 1 aromatic rings. The topological polar surface area (TPSA) is 66.8 Å².